The Balaban J connectivity index is 2.14. The van der Waals surface area contributed by atoms with Crippen molar-refractivity contribution in [2.45, 2.75) is 31.8 Å². The molecule has 2 aromatic rings. The summed E-state index contributed by atoms with van der Waals surface area (Å²) in [7, 11) is -3.53. The van der Waals surface area contributed by atoms with E-state index in [1.54, 1.807) is 6.92 Å². The summed E-state index contributed by atoms with van der Waals surface area (Å²) < 4.78 is 26.7. The van der Waals surface area contributed by atoms with Gasteiger partial charge in [0.05, 0.1) is 6.20 Å². The molecule has 19 heavy (non-hydrogen) atoms. The molecule has 0 saturated carbocycles. The number of benzene rings is 1. The second-order valence-corrected chi connectivity index (χ2v) is 6.02. The SMILES string of the molecule is CCc1ccccc1CNS(=O)(=O)c1cnc(C)[nH]1. The summed E-state index contributed by atoms with van der Waals surface area (Å²) in [5.74, 6) is 0.578. The van der Waals surface area contributed by atoms with E-state index in [0.717, 1.165) is 17.5 Å². The Morgan fingerprint density at radius 2 is 1.95 bits per heavy atom. The van der Waals surface area contributed by atoms with E-state index in [9.17, 15) is 8.42 Å². The van der Waals surface area contributed by atoms with Gasteiger partial charge in [-0.05, 0) is 24.5 Å². The Labute approximate surface area is 113 Å². The van der Waals surface area contributed by atoms with Gasteiger partial charge < -0.3 is 4.98 Å². The fourth-order valence-corrected chi connectivity index (χ4v) is 2.83. The maximum Gasteiger partial charge on any atom is 0.257 e. The summed E-state index contributed by atoms with van der Waals surface area (Å²) in [5, 5.41) is 0.0963. The molecule has 0 spiro atoms. The Morgan fingerprint density at radius 1 is 1.26 bits per heavy atom. The molecule has 1 aromatic carbocycles. The van der Waals surface area contributed by atoms with Crippen molar-refractivity contribution in [3.63, 3.8) is 0 Å². The molecule has 0 fully saturated rings. The first-order chi connectivity index (χ1) is 9.03. The largest absolute Gasteiger partial charge is 0.332 e. The first kappa shape index (κ1) is 13.8. The average Bonchev–Trinajstić information content (AvgIpc) is 2.84. The smallest absolute Gasteiger partial charge is 0.257 e. The molecule has 0 atom stereocenters. The molecule has 0 unspecified atom stereocenters. The predicted octanol–water partition coefficient (Wildman–Crippen LogP) is 1.76. The molecular weight excluding hydrogens is 262 g/mol. The standard InChI is InChI=1S/C13H17N3O2S/c1-3-11-6-4-5-7-12(11)8-15-19(17,18)13-9-14-10(2)16-13/h4-7,9,15H,3,8H2,1-2H3,(H,14,16). The van der Waals surface area contributed by atoms with Gasteiger partial charge in [0.1, 0.15) is 5.82 Å². The van der Waals surface area contributed by atoms with Crippen molar-refractivity contribution in [1.29, 1.82) is 0 Å². The Morgan fingerprint density at radius 3 is 2.53 bits per heavy atom. The number of nitrogens with zero attached hydrogens (tertiary/aromatic N) is 1. The van der Waals surface area contributed by atoms with Crippen LogP contribution in [0.4, 0.5) is 0 Å². The van der Waals surface area contributed by atoms with E-state index in [1.807, 2.05) is 31.2 Å². The normalized spacial score (nSPS) is 11.7. The van der Waals surface area contributed by atoms with Crippen molar-refractivity contribution >= 4 is 10.0 Å². The Bertz CT molecular complexity index is 662. The second-order valence-electron chi connectivity index (χ2n) is 4.28. The Kier molecular flexibility index (Phi) is 4.01. The number of aryl methyl sites for hydroxylation is 2. The molecule has 0 aliphatic rings. The van der Waals surface area contributed by atoms with Gasteiger partial charge in [0.25, 0.3) is 10.0 Å². The number of hydrogen-bond acceptors (Lipinski definition) is 3. The van der Waals surface area contributed by atoms with Crippen molar-refractivity contribution in [3.05, 3.63) is 47.4 Å². The van der Waals surface area contributed by atoms with Crippen LogP contribution in [0.3, 0.4) is 0 Å². The topological polar surface area (TPSA) is 74.8 Å². The van der Waals surface area contributed by atoms with Gasteiger partial charge in [-0.3, -0.25) is 0 Å². The van der Waals surface area contributed by atoms with Crippen molar-refractivity contribution in [1.82, 2.24) is 14.7 Å². The van der Waals surface area contributed by atoms with Crippen LogP contribution in [0.1, 0.15) is 23.9 Å². The minimum Gasteiger partial charge on any atom is -0.332 e. The summed E-state index contributed by atoms with van der Waals surface area (Å²) in [5.41, 5.74) is 2.14. The van der Waals surface area contributed by atoms with Crippen LogP contribution in [0.25, 0.3) is 0 Å². The molecule has 2 rings (SSSR count). The van der Waals surface area contributed by atoms with Crippen LogP contribution in [-0.2, 0) is 23.0 Å². The second kappa shape index (κ2) is 5.54. The molecule has 1 heterocycles. The first-order valence-electron chi connectivity index (χ1n) is 6.11. The number of aromatic nitrogens is 2. The van der Waals surface area contributed by atoms with Crippen LogP contribution in [0, 0.1) is 6.92 Å². The summed E-state index contributed by atoms with van der Waals surface area (Å²) >= 11 is 0. The number of sulfonamides is 1. The van der Waals surface area contributed by atoms with Crippen molar-refractivity contribution in [3.8, 4) is 0 Å². The first-order valence-corrected chi connectivity index (χ1v) is 7.59. The van der Waals surface area contributed by atoms with Gasteiger partial charge in [-0.2, -0.15) is 0 Å². The molecule has 0 aliphatic carbocycles. The quantitative estimate of drug-likeness (QED) is 0.875. The molecule has 2 N–H and O–H groups in total. The highest BCUT2D eigenvalue weighted by Crippen LogP contribution is 2.11. The highest BCUT2D eigenvalue weighted by Gasteiger charge is 2.16. The Hall–Kier alpha value is -1.66. The van der Waals surface area contributed by atoms with Gasteiger partial charge in [-0.1, -0.05) is 31.2 Å². The van der Waals surface area contributed by atoms with Crippen molar-refractivity contribution < 1.29 is 8.42 Å². The van der Waals surface area contributed by atoms with Crippen molar-refractivity contribution in [2.75, 3.05) is 0 Å². The van der Waals surface area contributed by atoms with Crippen LogP contribution >= 0.6 is 0 Å². The average molecular weight is 279 g/mol. The minimum atomic E-state index is -3.53. The highest BCUT2D eigenvalue weighted by atomic mass is 32.2. The lowest BCUT2D eigenvalue weighted by atomic mass is 10.1. The molecular formula is C13H17N3O2S. The van der Waals surface area contributed by atoms with E-state index >= 15 is 0 Å². The van der Waals surface area contributed by atoms with Gasteiger partial charge in [0.15, 0.2) is 5.03 Å². The van der Waals surface area contributed by atoms with Crippen LogP contribution in [0.15, 0.2) is 35.5 Å². The maximum absolute atomic E-state index is 12.0. The molecule has 0 aliphatic heterocycles. The van der Waals surface area contributed by atoms with E-state index in [4.69, 9.17) is 0 Å². The van der Waals surface area contributed by atoms with Gasteiger partial charge in [-0.25, -0.2) is 18.1 Å². The number of nitrogens with one attached hydrogen (secondary N) is 2. The van der Waals surface area contributed by atoms with E-state index in [0.29, 0.717) is 5.82 Å². The van der Waals surface area contributed by atoms with Gasteiger partial charge in [0.2, 0.25) is 0 Å². The number of hydrogen-bond donors (Lipinski definition) is 2. The molecule has 0 bridgehead atoms. The zero-order valence-corrected chi connectivity index (χ0v) is 11.8. The summed E-state index contributed by atoms with van der Waals surface area (Å²) in [6.45, 7) is 4.04. The minimum absolute atomic E-state index is 0.0963. The predicted molar refractivity (Wildman–Crippen MR) is 73.2 cm³/mol. The third-order valence-corrected chi connectivity index (χ3v) is 4.23. The number of aromatic amines is 1. The van der Waals surface area contributed by atoms with Crippen LogP contribution < -0.4 is 4.72 Å². The van der Waals surface area contributed by atoms with E-state index in [2.05, 4.69) is 14.7 Å². The summed E-state index contributed by atoms with van der Waals surface area (Å²) in [4.78, 5) is 6.62. The highest BCUT2D eigenvalue weighted by molar-refractivity contribution is 7.89. The number of imidazole rings is 1. The van der Waals surface area contributed by atoms with E-state index < -0.39 is 10.0 Å². The lowest BCUT2D eigenvalue weighted by Crippen LogP contribution is -2.24. The van der Waals surface area contributed by atoms with Crippen molar-refractivity contribution in [2.24, 2.45) is 0 Å². The monoisotopic (exact) mass is 279 g/mol. The number of H-pyrrole nitrogens is 1. The number of rotatable bonds is 5. The van der Waals surface area contributed by atoms with Crippen LogP contribution in [0.2, 0.25) is 0 Å². The zero-order valence-electron chi connectivity index (χ0n) is 11.0. The fraction of sp³-hybridized carbons (Fsp3) is 0.308. The van der Waals surface area contributed by atoms with Crippen LogP contribution in [0.5, 0.6) is 0 Å². The third kappa shape index (κ3) is 3.21. The molecule has 0 amide bonds. The lowest BCUT2D eigenvalue weighted by molar-refractivity contribution is 0.577. The molecule has 102 valence electrons. The molecule has 1 aromatic heterocycles. The lowest BCUT2D eigenvalue weighted by Gasteiger charge is -2.08. The van der Waals surface area contributed by atoms with E-state index in [-0.39, 0.29) is 11.6 Å². The van der Waals surface area contributed by atoms with Crippen LogP contribution in [-0.4, -0.2) is 18.4 Å². The van der Waals surface area contributed by atoms with Gasteiger partial charge in [-0.15, -0.1) is 0 Å². The fourth-order valence-electron chi connectivity index (χ4n) is 1.86. The molecule has 5 nitrogen and oxygen atoms in total. The zero-order chi connectivity index (χ0) is 13.9. The molecule has 0 saturated heterocycles. The molecule has 0 radical (unpaired) electrons. The third-order valence-electron chi connectivity index (χ3n) is 2.92. The van der Waals surface area contributed by atoms with E-state index in [1.165, 1.54) is 6.20 Å². The molecule has 6 heteroatoms. The summed E-state index contributed by atoms with van der Waals surface area (Å²) in [6, 6.07) is 7.79. The van der Waals surface area contributed by atoms with Gasteiger partial charge in [0, 0.05) is 6.54 Å². The van der Waals surface area contributed by atoms with Gasteiger partial charge >= 0.3 is 0 Å². The maximum atomic E-state index is 12.0. The summed E-state index contributed by atoms with van der Waals surface area (Å²) in [6.07, 6.45) is 2.20.